The van der Waals surface area contributed by atoms with Gasteiger partial charge in [0.05, 0.1) is 19.8 Å². The summed E-state index contributed by atoms with van der Waals surface area (Å²) in [6, 6.07) is 5.08. The third-order valence-corrected chi connectivity index (χ3v) is 3.05. The number of halogens is 1. The van der Waals surface area contributed by atoms with Crippen LogP contribution in [0.3, 0.4) is 0 Å². The second-order valence-corrected chi connectivity index (χ2v) is 5.86. The largest absolute Gasteiger partial charge is 0.495 e. The molecular formula is C15H23ClN3O3+. The first-order chi connectivity index (χ1) is 10.3. The van der Waals surface area contributed by atoms with Crippen molar-refractivity contribution in [3.8, 4) is 5.75 Å². The maximum atomic E-state index is 12.0. The minimum Gasteiger partial charge on any atom is -0.495 e. The highest BCUT2D eigenvalue weighted by Gasteiger charge is 2.16. The molecule has 6 nitrogen and oxygen atoms in total. The van der Waals surface area contributed by atoms with Gasteiger partial charge in [-0.15, -0.1) is 0 Å². The number of carbonyl (C=O) groups is 2. The van der Waals surface area contributed by atoms with Gasteiger partial charge >= 0.3 is 0 Å². The number of methoxy groups -OCH3 is 1. The van der Waals surface area contributed by atoms with Crippen molar-refractivity contribution in [2.24, 2.45) is 0 Å². The standard InChI is InChI=1S/C15H22ClN3O3/c1-10(2)17-14(20)8-19(3)9-15(21)18-12-7-11(16)5-6-13(12)22-4/h5-7,10H,8-9H2,1-4H3,(H,17,20)(H,18,21)/p+1. The Morgan fingerprint density at radius 3 is 2.50 bits per heavy atom. The van der Waals surface area contributed by atoms with Crippen LogP contribution in [0.1, 0.15) is 13.8 Å². The van der Waals surface area contributed by atoms with Gasteiger partial charge in [-0.05, 0) is 32.0 Å². The van der Waals surface area contributed by atoms with E-state index in [4.69, 9.17) is 16.3 Å². The number of nitrogens with one attached hydrogen (secondary N) is 3. The van der Waals surface area contributed by atoms with E-state index in [9.17, 15) is 9.59 Å². The zero-order valence-corrected chi connectivity index (χ0v) is 14.1. The van der Waals surface area contributed by atoms with Gasteiger partial charge in [0.15, 0.2) is 13.1 Å². The summed E-state index contributed by atoms with van der Waals surface area (Å²) in [4.78, 5) is 24.5. The number of likely N-dealkylation sites (N-methyl/N-ethyl adjacent to an activating group) is 1. The predicted molar refractivity (Wildman–Crippen MR) is 86.5 cm³/mol. The van der Waals surface area contributed by atoms with Gasteiger partial charge in [0, 0.05) is 11.1 Å². The molecule has 0 aliphatic carbocycles. The second kappa shape index (κ2) is 8.60. The number of hydrogen-bond acceptors (Lipinski definition) is 3. The number of hydrogen-bond donors (Lipinski definition) is 3. The monoisotopic (exact) mass is 328 g/mol. The minimum atomic E-state index is -0.213. The van der Waals surface area contributed by atoms with Crippen LogP contribution in [-0.4, -0.2) is 45.1 Å². The molecule has 7 heteroatoms. The van der Waals surface area contributed by atoms with Gasteiger partial charge in [-0.1, -0.05) is 11.6 Å². The SMILES string of the molecule is COc1ccc(Cl)cc1NC(=O)C[NH+](C)CC(=O)NC(C)C. The fraction of sp³-hybridized carbons (Fsp3) is 0.467. The van der Waals surface area contributed by atoms with Crippen molar-refractivity contribution in [2.75, 3.05) is 32.6 Å². The van der Waals surface area contributed by atoms with Crippen molar-refractivity contribution in [2.45, 2.75) is 19.9 Å². The summed E-state index contributed by atoms with van der Waals surface area (Å²) in [5, 5.41) is 6.05. The van der Waals surface area contributed by atoms with E-state index in [1.165, 1.54) is 7.11 Å². The summed E-state index contributed by atoms with van der Waals surface area (Å²) >= 11 is 5.92. The number of amides is 2. The van der Waals surface area contributed by atoms with E-state index in [-0.39, 0.29) is 30.9 Å². The molecule has 1 rings (SSSR count). The lowest BCUT2D eigenvalue weighted by Crippen LogP contribution is -3.11. The molecule has 0 aliphatic rings. The number of anilines is 1. The Labute approximate surface area is 135 Å². The zero-order valence-electron chi connectivity index (χ0n) is 13.3. The number of ether oxygens (including phenoxy) is 1. The van der Waals surface area contributed by atoms with E-state index in [0.717, 1.165) is 4.90 Å². The Morgan fingerprint density at radius 2 is 1.91 bits per heavy atom. The maximum absolute atomic E-state index is 12.0. The highest BCUT2D eigenvalue weighted by molar-refractivity contribution is 6.31. The van der Waals surface area contributed by atoms with Gasteiger partial charge in [-0.2, -0.15) is 0 Å². The number of benzene rings is 1. The second-order valence-electron chi connectivity index (χ2n) is 5.43. The molecule has 2 amide bonds. The van der Waals surface area contributed by atoms with Crippen molar-refractivity contribution in [1.29, 1.82) is 0 Å². The summed E-state index contributed by atoms with van der Waals surface area (Å²) < 4.78 is 5.17. The average Bonchev–Trinajstić information content (AvgIpc) is 2.37. The third kappa shape index (κ3) is 6.32. The quantitative estimate of drug-likeness (QED) is 0.675. The Bertz CT molecular complexity index is 535. The first-order valence-electron chi connectivity index (χ1n) is 7.06. The molecule has 1 unspecified atom stereocenters. The summed E-state index contributed by atoms with van der Waals surface area (Å²) in [7, 11) is 3.31. The van der Waals surface area contributed by atoms with E-state index < -0.39 is 0 Å². The van der Waals surface area contributed by atoms with Crippen LogP contribution in [0.25, 0.3) is 0 Å². The van der Waals surface area contributed by atoms with E-state index >= 15 is 0 Å². The van der Waals surface area contributed by atoms with Crippen LogP contribution in [-0.2, 0) is 9.59 Å². The van der Waals surface area contributed by atoms with E-state index in [2.05, 4.69) is 10.6 Å². The van der Waals surface area contributed by atoms with Gasteiger partial charge < -0.3 is 20.3 Å². The molecule has 122 valence electrons. The minimum absolute atomic E-state index is 0.0827. The molecule has 1 atom stereocenters. The predicted octanol–water partition coefficient (Wildman–Crippen LogP) is 0.326. The van der Waals surface area contributed by atoms with Crippen molar-refractivity contribution < 1.29 is 19.2 Å². The molecule has 0 saturated carbocycles. The first-order valence-corrected chi connectivity index (χ1v) is 7.43. The first kappa shape index (κ1) is 18.3. The van der Waals surface area contributed by atoms with Crippen LogP contribution in [0.4, 0.5) is 5.69 Å². The van der Waals surface area contributed by atoms with Crippen LogP contribution in [0.2, 0.25) is 5.02 Å². The Balaban J connectivity index is 2.56. The maximum Gasteiger partial charge on any atom is 0.279 e. The summed E-state index contributed by atoms with van der Waals surface area (Å²) in [6.45, 7) is 4.19. The molecule has 0 saturated heterocycles. The molecule has 1 aromatic carbocycles. The van der Waals surface area contributed by atoms with Gasteiger partial charge in [-0.25, -0.2) is 0 Å². The summed E-state index contributed by atoms with van der Waals surface area (Å²) in [6.07, 6.45) is 0. The molecule has 0 heterocycles. The lowest BCUT2D eigenvalue weighted by atomic mass is 10.3. The molecule has 0 aromatic heterocycles. The van der Waals surface area contributed by atoms with Crippen LogP contribution in [0, 0.1) is 0 Å². The number of quaternary nitrogens is 1. The normalized spacial score (nSPS) is 11.9. The fourth-order valence-corrected chi connectivity index (χ4v) is 2.13. The molecule has 3 N–H and O–H groups in total. The summed E-state index contributed by atoms with van der Waals surface area (Å²) in [5.74, 6) is 0.240. The Kier molecular flexibility index (Phi) is 7.14. The zero-order chi connectivity index (χ0) is 16.7. The summed E-state index contributed by atoms with van der Waals surface area (Å²) in [5.41, 5.74) is 0.513. The number of rotatable bonds is 7. The molecule has 0 aliphatic heterocycles. The topological polar surface area (TPSA) is 71.9 Å². The average molecular weight is 329 g/mol. The smallest absolute Gasteiger partial charge is 0.279 e. The van der Waals surface area contributed by atoms with Crippen LogP contribution in [0.15, 0.2) is 18.2 Å². The van der Waals surface area contributed by atoms with Crippen LogP contribution < -0.4 is 20.3 Å². The molecule has 22 heavy (non-hydrogen) atoms. The molecule has 1 aromatic rings. The van der Waals surface area contributed by atoms with E-state index in [0.29, 0.717) is 16.5 Å². The van der Waals surface area contributed by atoms with Crippen molar-refractivity contribution in [1.82, 2.24) is 5.32 Å². The lowest BCUT2D eigenvalue weighted by molar-refractivity contribution is -0.862. The fourth-order valence-electron chi connectivity index (χ4n) is 1.96. The molecule has 0 bridgehead atoms. The Hall–Kier alpha value is -1.79. The molecule has 0 spiro atoms. The van der Waals surface area contributed by atoms with Crippen molar-refractivity contribution >= 4 is 29.1 Å². The van der Waals surface area contributed by atoms with E-state index in [1.807, 2.05) is 13.8 Å². The van der Waals surface area contributed by atoms with Crippen LogP contribution >= 0.6 is 11.6 Å². The van der Waals surface area contributed by atoms with Gasteiger partial charge in [-0.3, -0.25) is 9.59 Å². The number of carbonyl (C=O) groups excluding carboxylic acids is 2. The van der Waals surface area contributed by atoms with Gasteiger partial charge in [0.25, 0.3) is 11.8 Å². The van der Waals surface area contributed by atoms with E-state index in [1.54, 1.807) is 25.2 Å². The highest BCUT2D eigenvalue weighted by Crippen LogP contribution is 2.27. The van der Waals surface area contributed by atoms with Gasteiger partial charge in [0.1, 0.15) is 5.75 Å². The molecule has 0 fully saturated rings. The molecule has 0 radical (unpaired) electrons. The van der Waals surface area contributed by atoms with Crippen molar-refractivity contribution in [3.63, 3.8) is 0 Å². The third-order valence-electron chi connectivity index (χ3n) is 2.81. The van der Waals surface area contributed by atoms with Gasteiger partial charge in [0.2, 0.25) is 0 Å². The Morgan fingerprint density at radius 1 is 1.27 bits per heavy atom. The highest BCUT2D eigenvalue weighted by atomic mass is 35.5. The lowest BCUT2D eigenvalue weighted by Gasteiger charge is -2.15. The molecular weight excluding hydrogens is 306 g/mol. The van der Waals surface area contributed by atoms with Crippen molar-refractivity contribution in [3.05, 3.63) is 23.2 Å². The van der Waals surface area contributed by atoms with Crippen LogP contribution in [0.5, 0.6) is 5.75 Å².